The number of ether oxygens (including phenoxy) is 1. The van der Waals surface area contributed by atoms with Gasteiger partial charge in [0.05, 0.1) is 6.04 Å². The van der Waals surface area contributed by atoms with Crippen LogP contribution in [0.1, 0.15) is 20.3 Å². The number of carboxylic acid groups (broad SMARTS) is 1. The third kappa shape index (κ3) is 2.39. The van der Waals surface area contributed by atoms with E-state index in [9.17, 15) is 14.4 Å². The molecule has 0 saturated carbocycles. The van der Waals surface area contributed by atoms with E-state index in [0.717, 1.165) is 17.1 Å². The average molecular weight is 227 g/mol. The molecule has 0 aliphatic carbocycles. The summed E-state index contributed by atoms with van der Waals surface area (Å²) in [5.41, 5.74) is 0. The Kier molecular flexibility index (Phi) is 3.65. The summed E-state index contributed by atoms with van der Waals surface area (Å²) in [6.45, 7) is 3.31. The fourth-order valence-corrected chi connectivity index (χ4v) is 1.63. The molecule has 0 bridgehead atoms. The highest BCUT2D eigenvalue weighted by Gasteiger charge is 2.34. The van der Waals surface area contributed by atoms with Crippen LogP contribution in [0.4, 0.5) is 4.79 Å². The van der Waals surface area contributed by atoms with E-state index in [1.54, 1.807) is 13.8 Å². The summed E-state index contributed by atoms with van der Waals surface area (Å²) in [4.78, 5) is 34.1. The van der Waals surface area contributed by atoms with Crippen LogP contribution in [0.3, 0.4) is 0 Å². The Hall–Kier alpha value is -1.85. The maximum Gasteiger partial charge on any atom is 0.506 e. The molecule has 0 aromatic carbocycles. The molecule has 88 valence electrons. The summed E-state index contributed by atoms with van der Waals surface area (Å²) in [6, 6.07) is -0.601. The van der Waals surface area contributed by atoms with Gasteiger partial charge in [0.2, 0.25) is 0 Å². The largest absolute Gasteiger partial charge is 0.506 e. The van der Waals surface area contributed by atoms with Crippen molar-refractivity contribution in [2.45, 2.75) is 32.4 Å². The molecule has 0 spiro atoms. The van der Waals surface area contributed by atoms with E-state index in [4.69, 9.17) is 5.11 Å². The number of hydrogen-bond acceptors (Lipinski definition) is 4. The van der Waals surface area contributed by atoms with Crippen LogP contribution in [-0.4, -0.2) is 40.1 Å². The minimum atomic E-state index is -1.41. The molecule has 6 nitrogen and oxygen atoms in total. The maximum absolute atomic E-state index is 11.3. The summed E-state index contributed by atoms with van der Waals surface area (Å²) in [5, 5.41) is 8.51. The average Bonchev–Trinajstić information content (AvgIpc) is 2.54. The molecule has 1 aliphatic heterocycles. The lowest BCUT2D eigenvalue weighted by atomic mass is 10.1. The molecule has 6 heteroatoms. The highest BCUT2D eigenvalue weighted by molar-refractivity contribution is 6.13. The zero-order valence-electron chi connectivity index (χ0n) is 9.04. The Labute approximate surface area is 92.5 Å². The zero-order chi connectivity index (χ0) is 12.3. The van der Waals surface area contributed by atoms with Crippen molar-refractivity contribution in [2.24, 2.45) is 0 Å². The number of amides is 2. The third-order valence-electron chi connectivity index (χ3n) is 2.44. The molecular weight excluding hydrogens is 214 g/mol. The normalized spacial score (nSPS) is 18.8. The molecular formula is C10H13NO5. The van der Waals surface area contributed by atoms with Gasteiger partial charge in [0.15, 0.2) is 0 Å². The second-order valence-corrected chi connectivity index (χ2v) is 3.45. The lowest BCUT2D eigenvalue weighted by Gasteiger charge is -2.28. The number of nitrogens with zero attached hydrogens (tertiary/aromatic N) is 1. The minimum absolute atomic E-state index is 0.393. The van der Waals surface area contributed by atoms with E-state index in [-0.39, 0.29) is 0 Å². The van der Waals surface area contributed by atoms with Gasteiger partial charge >= 0.3 is 6.16 Å². The smallest absolute Gasteiger partial charge is 0.450 e. The summed E-state index contributed by atoms with van der Waals surface area (Å²) >= 11 is 0. The van der Waals surface area contributed by atoms with Crippen LogP contribution in [0.15, 0.2) is 12.2 Å². The van der Waals surface area contributed by atoms with Gasteiger partial charge in [-0.1, -0.05) is 6.92 Å². The molecule has 0 fully saturated rings. The van der Waals surface area contributed by atoms with Crippen LogP contribution in [0, 0.1) is 0 Å². The van der Waals surface area contributed by atoms with Crippen molar-refractivity contribution in [3.63, 3.8) is 0 Å². The Balaban J connectivity index is 2.75. The second kappa shape index (κ2) is 4.78. The van der Waals surface area contributed by atoms with E-state index >= 15 is 0 Å². The van der Waals surface area contributed by atoms with Gasteiger partial charge in [0.1, 0.15) is 6.10 Å². The molecule has 0 radical (unpaired) electrons. The van der Waals surface area contributed by atoms with Crippen LogP contribution in [0.5, 0.6) is 0 Å². The van der Waals surface area contributed by atoms with Crippen molar-refractivity contribution in [3.8, 4) is 0 Å². The standard InChI is InChI=1S/C10H13NO5/c1-3-7(16-10(14)15)6(2)11-8(12)4-5-9(11)13/h4-7H,3H2,1-2H3,(H,14,15). The fourth-order valence-electron chi connectivity index (χ4n) is 1.63. The minimum Gasteiger partial charge on any atom is -0.450 e. The number of carbonyl (C=O) groups is 3. The van der Waals surface area contributed by atoms with Gasteiger partial charge in [-0.25, -0.2) is 4.79 Å². The summed E-state index contributed by atoms with van der Waals surface area (Å²) < 4.78 is 4.61. The van der Waals surface area contributed by atoms with Gasteiger partial charge < -0.3 is 9.84 Å². The van der Waals surface area contributed by atoms with Gasteiger partial charge in [0, 0.05) is 12.2 Å². The predicted octanol–water partition coefficient (Wildman–Crippen LogP) is 0.773. The summed E-state index contributed by atoms with van der Waals surface area (Å²) in [7, 11) is 0. The predicted molar refractivity (Wildman–Crippen MR) is 53.6 cm³/mol. The van der Waals surface area contributed by atoms with Crippen LogP contribution in [0.2, 0.25) is 0 Å². The van der Waals surface area contributed by atoms with Gasteiger partial charge in [-0.15, -0.1) is 0 Å². The summed E-state index contributed by atoms with van der Waals surface area (Å²) in [5.74, 6) is -0.880. The molecule has 1 rings (SSSR count). The molecule has 16 heavy (non-hydrogen) atoms. The number of carbonyl (C=O) groups excluding carboxylic acids is 2. The van der Waals surface area contributed by atoms with Crippen molar-refractivity contribution in [1.82, 2.24) is 4.90 Å². The van der Waals surface area contributed by atoms with E-state index in [2.05, 4.69) is 4.74 Å². The monoisotopic (exact) mass is 227 g/mol. The van der Waals surface area contributed by atoms with Crippen LogP contribution < -0.4 is 0 Å². The lowest BCUT2D eigenvalue weighted by molar-refractivity contribution is -0.142. The van der Waals surface area contributed by atoms with Crippen molar-refractivity contribution >= 4 is 18.0 Å². The van der Waals surface area contributed by atoms with Gasteiger partial charge in [-0.3, -0.25) is 14.5 Å². The Morgan fingerprint density at radius 2 is 1.94 bits per heavy atom. The third-order valence-corrected chi connectivity index (χ3v) is 2.44. The first-order chi connectivity index (χ1) is 7.47. The molecule has 1 aliphatic rings. The Bertz CT molecular complexity index is 331. The second-order valence-electron chi connectivity index (χ2n) is 3.45. The first kappa shape index (κ1) is 12.2. The topological polar surface area (TPSA) is 83.9 Å². The van der Waals surface area contributed by atoms with E-state index in [0.29, 0.717) is 6.42 Å². The van der Waals surface area contributed by atoms with Gasteiger partial charge in [-0.05, 0) is 13.3 Å². The van der Waals surface area contributed by atoms with Crippen LogP contribution in [0.25, 0.3) is 0 Å². The molecule has 1 N–H and O–H groups in total. The molecule has 2 unspecified atom stereocenters. The first-order valence-electron chi connectivity index (χ1n) is 4.92. The number of hydrogen-bond donors (Lipinski definition) is 1. The molecule has 0 saturated heterocycles. The van der Waals surface area contributed by atoms with E-state index in [1.807, 2.05) is 0 Å². The SMILES string of the molecule is CCC(OC(=O)O)C(C)N1C(=O)C=CC1=O. The zero-order valence-corrected chi connectivity index (χ0v) is 9.04. The van der Waals surface area contributed by atoms with E-state index < -0.39 is 30.1 Å². The van der Waals surface area contributed by atoms with Crippen LogP contribution >= 0.6 is 0 Å². The van der Waals surface area contributed by atoms with Crippen molar-refractivity contribution in [2.75, 3.05) is 0 Å². The molecule has 2 amide bonds. The Morgan fingerprint density at radius 3 is 2.31 bits per heavy atom. The van der Waals surface area contributed by atoms with Crippen LogP contribution in [-0.2, 0) is 14.3 Å². The number of rotatable bonds is 4. The molecule has 0 aromatic heterocycles. The fraction of sp³-hybridized carbons (Fsp3) is 0.500. The van der Waals surface area contributed by atoms with Gasteiger partial charge in [0.25, 0.3) is 11.8 Å². The first-order valence-corrected chi connectivity index (χ1v) is 4.92. The highest BCUT2D eigenvalue weighted by atomic mass is 16.7. The van der Waals surface area contributed by atoms with Crippen molar-refractivity contribution in [3.05, 3.63) is 12.2 Å². The highest BCUT2D eigenvalue weighted by Crippen LogP contribution is 2.16. The summed E-state index contributed by atoms with van der Waals surface area (Å²) in [6.07, 6.45) is 0.597. The maximum atomic E-state index is 11.3. The molecule has 0 aromatic rings. The quantitative estimate of drug-likeness (QED) is 0.566. The molecule has 1 heterocycles. The lowest BCUT2D eigenvalue weighted by Crippen LogP contribution is -2.46. The van der Waals surface area contributed by atoms with Gasteiger partial charge in [-0.2, -0.15) is 0 Å². The Morgan fingerprint density at radius 1 is 1.44 bits per heavy atom. The van der Waals surface area contributed by atoms with Crippen molar-refractivity contribution in [1.29, 1.82) is 0 Å². The van der Waals surface area contributed by atoms with Crippen molar-refractivity contribution < 1.29 is 24.2 Å². The number of imide groups is 1. The van der Waals surface area contributed by atoms with E-state index in [1.165, 1.54) is 0 Å². The molecule has 2 atom stereocenters.